The molecule has 13 heavy (non-hydrogen) atoms. The van der Waals surface area contributed by atoms with Gasteiger partial charge < -0.3 is 5.21 Å². The van der Waals surface area contributed by atoms with Crippen LogP contribution in [0.4, 0.5) is 0 Å². The number of hydrogen-bond acceptors (Lipinski definition) is 2. The first kappa shape index (κ1) is 10.6. The van der Waals surface area contributed by atoms with Crippen LogP contribution in [0.25, 0.3) is 0 Å². The molecule has 76 valence electrons. The van der Waals surface area contributed by atoms with Crippen LogP contribution in [0.1, 0.15) is 52.9 Å². The lowest BCUT2D eigenvalue weighted by Gasteiger charge is -2.20. The van der Waals surface area contributed by atoms with Crippen molar-refractivity contribution < 1.29 is 5.21 Å². The molecule has 1 rings (SSSR count). The Hall–Kier alpha value is -0.530. The summed E-state index contributed by atoms with van der Waals surface area (Å²) in [5, 5.41) is 12.1. The van der Waals surface area contributed by atoms with E-state index in [0.717, 1.165) is 12.1 Å². The monoisotopic (exact) mass is 183 g/mol. The van der Waals surface area contributed by atoms with E-state index >= 15 is 0 Å². The third-order valence-electron chi connectivity index (χ3n) is 2.83. The molecule has 2 heteroatoms. The summed E-state index contributed by atoms with van der Waals surface area (Å²) in [6, 6.07) is 0. The maximum Gasteiger partial charge on any atom is 0.0601 e. The maximum absolute atomic E-state index is 8.75. The van der Waals surface area contributed by atoms with Gasteiger partial charge in [-0.05, 0) is 37.5 Å². The predicted octanol–water partition coefficient (Wildman–Crippen LogP) is 3.44. The van der Waals surface area contributed by atoms with Crippen LogP contribution in [-0.4, -0.2) is 10.9 Å². The van der Waals surface area contributed by atoms with E-state index in [0.29, 0.717) is 11.3 Å². The average molecular weight is 183 g/mol. The van der Waals surface area contributed by atoms with Gasteiger partial charge >= 0.3 is 0 Å². The van der Waals surface area contributed by atoms with Gasteiger partial charge in [0.05, 0.1) is 5.71 Å². The zero-order chi connectivity index (χ0) is 9.90. The van der Waals surface area contributed by atoms with Crippen LogP contribution in [0.2, 0.25) is 0 Å². The Bertz CT molecular complexity index is 191. The number of hydrogen-bond donors (Lipinski definition) is 1. The molecule has 0 saturated heterocycles. The summed E-state index contributed by atoms with van der Waals surface area (Å²) in [7, 11) is 0. The molecule has 1 saturated carbocycles. The highest BCUT2D eigenvalue weighted by atomic mass is 16.4. The Morgan fingerprint density at radius 3 is 2.69 bits per heavy atom. The highest BCUT2D eigenvalue weighted by Gasteiger charge is 2.24. The van der Waals surface area contributed by atoms with Gasteiger partial charge in [0.15, 0.2) is 0 Å². The summed E-state index contributed by atoms with van der Waals surface area (Å²) in [5.74, 6) is 0.559. The average Bonchev–Trinajstić information content (AvgIpc) is 2.46. The zero-order valence-electron chi connectivity index (χ0n) is 9.01. The van der Waals surface area contributed by atoms with Gasteiger partial charge in [-0.3, -0.25) is 0 Å². The molecule has 2 nitrogen and oxygen atoms in total. The normalized spacial score (nSPS) is 27.0. The molecule has 0 aromatic heterocycles. The highest BCUT2D eigenvalue weighted by Crippen LogP contribution is 2.31. The van der Waals surface area contributed by atoms with Gasteiger partial charge in [0.1, 0.15) is 0 Å². The maximum atomic E-state index is 8.75. The van der Waals surface area contributed by atoms with Crippen LogP contribution in [0.15, 0.2) is 5.16 Å². The van der Waals surface area contributed by atoms with E-state index in [1.54, 1.807) is 0 Å². The van der Waals surface area contributed by atoms with Crippen molar-refractivity contribution in [3.05, 3.63) is 0 Å². The molecule has 0 heterocycles. The highest BCUT2D eigenvalue weighted by molar-refractivity contribution is 5.87. The quantitative estimate of drug-likeness (QED) is 0.516. The molecule has 1 N–H and O–H groups in total. The lowest BCUT2D eigenvalue weighted by atomic mass is 9.86. The van der Waals surface area contributed by atoms with Crippen LogP contribution >= 0.6 is 0 Å². The van der Waals surface area contributed by atoms with Crippen LogP contribution in [0, 0.1) is 11.3 Å². The first-order valence-electron chi connectivity index (χ1n) is 5.24. The Morgan fingerprint density at radius 1 is 1.46 bits per heavy atom. The summed E-state index contributed by atoms with van der Waals surface area (Å²) in [4.78, 5) is 0. The predicted molar refractivity (Wildman–Crippen MR) is 55.3 cm³/mol. The Labute approximate surface area is 81.0 Å². The van der Waals surface area contributed by atoms with Crippen molar-refractivity contribution in [3.8, 4) is 0 Å². The van der Waals surface area contributed by atoms with Gasteiger partial charge in [0, 0.05) is 5.92 Å². The second kappa shape index (κ2) is 4.12. The van der Waals surface area contributed by atoms with Gasteiger partial charge in [0.2, 0.25) is 0 Å². The molecule has 0 aromatic carbocycles. The largest absolute Gasteiger partial charge is 0.411 e. The molecule has 0 spiro atoms. The summed E-state index contributed by atoms with van der Waals surface area (Å²) in [5.41, 5.74) is 1.44. The molecule has 1 fully saturated rings. The number of oxime groups is 1. The first-order chi connectivity index (χ1) is 6.03. The third-order valence-corrected chi connectivity index (χ3v) is 2.83. The molecular weight excluding hydrogens is 162 g/mol. The Morgan fingerprint density at radius 2 is 2.15 bits per heavy atom. The second-order valence-electron chi connectivity index (χ2n) is 5.28. The van der Waals surface area contributed by atoms with E-state index in [2.05, 4.69) is 25.9 Å². The van der Waals surface area contributed by atoms with E-state index in [1.165, 1.54) is 25.7 Å². The van der Waals surface area contributed by atoms with Crippen LogP contribution in [0.5, 0.6) is 0 Å². The van der Waals surface area contributed by atoms with Gasteiger partial charge in [0.25, 0.3) is 0 Å². The van der Waals surface area contributed by atoms with Crippen molar-refractivity contribution in [3.63, 3.8) is 0 Å². The minimum Gasteiger partial charge on any atom is -0.411 e. The second-order valence-corrected chi connectivity index (χ2v) is 5.28. The molecular formula is C11H21NO. The lowest BCUT2D eigenvalue weighted by molar-refractivity contribution is 0.309. The molecule has 0 bridgehead atoms. The smallest absolute Gasteiger partial charge is 0.0601 e. The van der Waals surface area contributed by atoms with Crippen molar-refractivity contribution in [2.45, 2.75) is 52.9 Å². The number of rotatable bonds is 2. The SMILES string of the molecule is CC(C)(C)CCC1CCCC1=NO. The molecule has 1 atom stereocenters. The number of nitrogens with zero attached hydrogens (tertiary/aromatic N) is 1. The molecule has 1 aliphatic rings. The van der Waals surface area contributed by atoms with E-state index < -0.39 is 0 Å². The summed E-state index contributed by atoms with van der Waals surface area (Å²) >= 11 is 0. The van der Waals surface area contributed by atoms with Crippen molar-refractivity contribution in [2.75, 3.05) is 0 Å². The minimum absolute atomic E-state index is 0.406. The molecule has 0 aromatic rings. The fourth-order valence-electron chi connectivity index (χ4n) is 1.95. The van der Waals surface area contributed by atoms with Gasteiger partial charge in [-0.1, -0.05) is 25.9 Å². The lowest BCUT2D eigenvalue weighted by Crippen LogP contribution is -2.12. The van der Waals surface area contributed by atoms with E-state index in [-0.39, 0.29) is 0 Å². The summed E-state index contributed by atoms with van der Waals surface area (Å²) in [6.45, 7) is 6.78. The van der Waals surface area contributed by atoms with Gasteiger partial charge in [-0.15, -0.1) is 0 Å². The Kier molecular flexibility index (Phi) is 3.34. The topological polar surface area (TPSA) is 32.6 Å². The summed E-state index contributed by atoms with van der Waals surface area (Å²) < 4.78 is 0. The molecule has 1 aliphatic carbocycles. The zero-order valence-corrected chi connectivity index (χ0v) is 9.01. The van der Waals surface area contributed by atoms with Crippen molar-refractivity contribution in [2.24, 2.45) is 16.5 Å². The van der Waals surface area contributed by atoms with Gasteiger partial charge in [-0.2, -0.15) is 0 Å². The Balaban J connectivity index is 2.37. The molecule has 0 aliphatic heterocycles. The van der Waals surface area contributed by atoms with E-state index in [4.69, 9.17) is 5.21 Å². The van der Waals surface area contributed by atoms with E-state index in [9.17, 15) is 0 Å². The molecule has 0 amide bonds. The standard InChI is InChI=1S/C11H21NO/c1-11(2,3)8-7-9-5-4-6-10(9)12-13/h9,13H,4-8H2,1-3H3. The van der Waals surface area contributed by atoms with Crippen LogP contribution < -0.4 is 0 Å². The van der Waals surface area contributed by atoms with Crippen LogP contribution in [-0.2, 0) is 0 Å². The fourth-order valence-corrected chi connectivity index (χ4v) is 1.95. The third kappa shape index (κ3) is 3.37. The van der Waals surface area contributed by atoms with Crippen molar-refractivity contribution in [1.29, 1.82) is 0 Å². The summed E-state index contributed by atoms with van der Waals surface area (Å²) in [6.07, 6.45) is 5.83. The first-order valence-corrected chi connectivity index (χ1v) is 5.24. The fraction of sp³-hybridized carbons (Fsp3) is 0.909. The molecule has 1 unspecified atom stereocenters. The van der Waals surface area contributed by atoms with Crippen LogP contribution in [0.3, 0.4) is 0 Å². The minimum atomic E-state index is 0.406. The van der Waals surface area contributed by atoms with Crippen molar-refractivity contribution in [1.82, 2.24) is 0 Å². The van der Waals surface area contributed by atoms with Gasteiger partial charge in [-0.25, -0.2) is 0 Å². The van der Waals surface area contributed by atoms with E-state index in [1.807, 2.05) is 0 Å². The molecule has 0 radical (unpaired) electrons. The van der Waals surface area contributed by atoms with Crippen molar-refractivity contribution >= 4 is 5.71 Å².